The van der Waals surface area contributed by atoms with Gasteiger partial charge < -0.3 is 16.0 Å². The zero-order valence-electron chi connectivity index (χ0n) is 40.1. The Morgan fingerprint density at radius 1 is 0.507 bits per heavy atom. The second kappa shape index (κ2) is 17.7. The molecule has 0 aliphatic heterocycles. The van der Waals surface area contributed by atoms with Gasteiger partial charge in [0.15, 0.2) is 0 Å². The molecule has 12 nitrogen and oxygen atoms in total. The highest BCUT2D eigenvalue weighted by Crippen LogP contribution is 2.68. The number of benzene rings is 3. The number of hydrogen-bond acceptors (Lipinski definition) is 6. The first-order valence-corrected chi connectivity index (χ1v) is 24.5. The van der Waals surface area contributed by atoms with Crippen molar-refractivity contribution in [2.75, 3.05) is 16.0 Å². The Labute approximate surface area is 394 Å². The first kappa shape index (κ1) is 44.5. The molecule has 0 spiro atoms. The number of hydrogen-bond donors (Lipinski definition) is 3. The summed E-state index contributed by atoms with van der Waals surface area (Å²) in [7, 11) is 5.51. The van der Waals surface area contributed by atoms with E-state index in [1.165, 1.54) is 74.5 Å². The highest BCUT2D eigenvalue weighted by atomic mass is 16.2. The van der Waals surface area contributed by atoms with Crippen LogP contribution in [0.4, 0.5) is 17.1 Å². The van der Waals surface area contributed by atoms with Gasteiger partial charge in [0.1, 0.15) is 0 Å². The lowest BCUT2D eigenvalue weighted by Crippen LogP contribution is -2.14. The molecule has 12 rings (SSSR count). The van der Waals surface area contributed by atoms with E-state index >= 15 is 0 Å². The van der Waals surface area contributed by atoms with Gasteiger partial charge in [0, 0.05) is 56.8 Å². The molecule has 3 amide bonds. The standard InChI is InChI=1S/C19H23N3O.2C18H21N3O/c1-12-15(11-22(3)21-12)18(23)20-17-7-5-4-6-13(17)14-10-16(14)19(2)8-9-19;2*1-11-16(10-21(2)20-11)18(22)19-17-6-4-3-5-13(17)15-9-14(15)12-7-8-12/h4-7,11,14,16H,8-10H2,1-3H3,(H,20,23);2*3-6,10,12,14-15H,7-9H2,1-2H3,(H,19,22). The molecule has 3 heterocycles. The molecule has 0 radical (unpaired) electrons. The van der Waals surface area contributed by atoms with Crippen LogP contribution in [0.2, 0.25) is 0 Å². The molecule has 0 bridgehead atoms. The number of nitrogens with zero attached hydrogens (tertiary/aromatic N) is 6. The molecule has 348 valence electrons. The van der Waals surface area contributed by atoms with E-state index in [2.05, 4.69) is 74.6 Å². The van der Waals surface area contributed by atoms with Gasteiger partial charge in [-0.3, -0.25) is 28.4 Å². The predicted octanol–water partition coefficient (Wildman–Crippen LogP) is 10.9. The van der Waals surface area contributed by atoms with Gasteiger partial charge >= 0.3 is 0 Å². The molecule has 3 aromatic heterocycles. The molecule has 67 heavy (non-hydrogen) atoms. The van der Waals surface area contributed by atoms with Crippen molar-refractivity contribution in [1.82, 2.24) is 29.3 Å². The molecule has 6 aliphatic carbocycles. The summed E-state index contributed by atoms with van der Waals surface area (Å²) < 4.78 is 5.04. The number of anilines is 3. The van der Waals surface area contributed by atoms with Crippen LogP contribution in [0, 0.1) is 55.8 Å². The van der Waals surface area contributed by atoms with Gasteiger partial charge in [0.05, 0.1) is 33.8 Å². The number of amides is 3. The van der Waals surface area contributed by atoms with Crippen LogP contribution in [0.5, 0.6) is 0 Å². The summed E-state index contributed by atoms with van der Waals surface area (Å²) >= 11 is 0. The number of aryl methyl sites for hydroxylation is 6. The fourth-order valence-corrected chi connectivity index (χ4v) is 11.0. The molecular weight excluding hydrogens is 835 g/mol. The quantitative estimate of drug-likeness (QED) is 0.112. The molecular formula is C55H65N9O3. The lowest BCUT2D eigenvalue weighted by Gasteiger charge is -2.12. The third-order valence-corrected chi connectivity index (χ3v) is 15.5. The van der Waals surface area contributed by atoms with E-state index in [1.807, 2.05) is 78.3 Å². The third kappa shape index (κ3) is 9.90. The van der Waals surface area contributed by atoms with Crippen molar-refractivity contribution in [3.63, 3.8) is 0 Å². The van der Waals surface area contributed by atoms with Crippen LogP contribution >= 0.6 is 0 Å². The van der Waals surface area contributed by atoms with Crippen LogP contribution in [0.15, 0.2) is 91.4 Å². The minimum Gasteiger partial charge on any atom is -0.322 e. The van der Waals surface area contributed by atoms with Gasteiger partial charge in [-0.25, -0.2) is 0 Å². The Kier molecular flexibility index (Phi) is 11.8. The smallest absolute Gasteiger partial charge is 0.259 e. The lowest BCUT2D eigenvalue weighted by molar-refractivity contribution is 0.101. The highest BCUT2D eigenvalue weighted by Gasteiger charge is 2.57. The molecule has 6 aliphatic rings. The van der Waals surface area contributed by atoms with Gasteiger partial charge in [-0.1, -0.05) is 61.5 Å². The zero-order chi connectivity index (χ0) is 46.7. The van der Waals surface area contributed by atoms with E-state index in [0.717, 1.165) is 63.7 Å². The van der Waals surface area contributed by atoms with E-state index in [0.29, 0.717) is 39.9 Å². The van der Waals surface area contributed by atoms with Crippen molar-refractivity contribution < 1.29 is 14.4 Å². The second-order valence-electron chi connectivity index (χ2n) is 20.8. The number of rotatable bonds is 12. The van der Waals surface area contributed by atoms with Crippen LogP contribution in [0.25, 0.3) is 0 Å². The van der Waals surface area contributed by atoms with Gasteiger partial charge in [-0.05, 0) is 166 Å². The summed E-state index contributed by atoms with van der Waals surface area (Å²) in [4.78, 5) is 37.6. The van der Waals surface area contributed by atoms with Crippen molar-refractivity contribution in [1.29, 1.82) is 0 Å². The average molecular weight is 900 g/mol. The summed E-state index contributed by atoms with van der Waals surface area (Å²) in [6.07, 6.45) is 17.4. The summed E-state index contributed by atoms with van der Waals surface area (Å²) in [5, 5.41) is 22.0. The first-order chi connectivity index (χ1) is 32.2. The zero-order valence-corrected chi connectivity index (χ0v) is 40.1. The molecule has 6 unspecified atom stereocenters. The van der Waals surface area contributed by atoms with E-state index in [1.54, 1.807) is 32.6 Å². The molecule has 12 heteroatoms. The summed E-state index contributed by atoms with van der Waals surface area (Å²) in [6.45, 7) is 8.00. The minimum absolute atomic E-state index is 0.0679. The van der Waals surface area contributed by atoms with Gasteiger partial charge in [0.25, 0.3) is 17.7 Å². The fourth-order valence-electron chi connectivity index (χ4n) is 11.0. The monoisotopic (exact) mass is 900 g/mol. The normalized spacial score (nSPS) is 23.7. The maximum atomic E-state index is 12.6. The SMILES string of the molecule is Cc1nn(C)cc1C(=O)Nc1ccccc1C1CC1C1(C)CC1.Cc1nn(C)cc1C(=O)Nc1ccccc1C1CC1C1CC1.Cc1nn(C)cc1C(=O)Nc1ccccc1C1CC1C1CC1. The van der Waals surface area contributed by atoms with Gasteiger partial charge in [-0.15, -0.1) is 0 Å². The molecule has 6 atom stereocenters. The van der Waals surface area contributed by atoms with E-state index in [-0.39, 0.29) is 17.7 Å². The summed E-state index contributed by atoms with van der Waals surface area (Å²) in [6, 6.07) is 24.7. The Balaban J connectivity index is 0.000000118. The molecule has 6 fully saturated rings. The molecule has 0 saturated heterocycles. The van der Waals surface area contributed by atoms with Crippen molar-refractivity contribution in [3.05, 3.63) is 142 Å². The Hall–Kier alpha value is -6.30. The first-order valence-electron chi connectivity index (χ1n) is 24.5. The van der Waals surface area contributed by atoms with Gasteiger partial charge in [0.2, 0.25) is 0 Å². The van der Waals surface area contributed by atoms with E-state index in [9.17, 15) is 14.4 Å². The third-order valence-electron chi connectivity index (χ3n) is 15.5. The predicted molar refractivity (Wildman–Crippen MR) is 262 cm³/mol. The van der Waals surface area contributed by atoms with Crippen molar-refractivity contribution >= 4 is 34.8 Å². The average Bonchev–Trinajstić information content (AvgIpc) is 4.06. The Bertz CT molecular complexity index is 2710. The number of aromatic nitrogens is 6. The topological polar surface area (TPSA) is 141 Å². The highest BCUT2D eigenvalue weighted by molar-refractivity contribution is 6.06. The number of carbonyl (C=O) groups excluding carboxylic acids is 3. The summed E-state index contributed by atoms with van der Waals surface area (Å²) in [5.74, 6) is 6.04. The van der Waals surface area contributed by atoms with Crippen molar-refractivity contribution in [2.45, 2.75) is 103 Å². The van der Waals surface area contributed by atoms with Crippen molar-refractivity contribution in [2.24, 2.45) is 56.1 Å². The largest absolute Gasteiger partial charge is 0.322 e. The van der Waals surface area contributed by atoms with Crippen LogP contribution in [-0.4, -0.2) is 47.1 Å². The molecule has 6 saturated carbocycles. The van der Waals surface area contributed by atoms with Crippen LogP contribution in [0.3, 0.4) is 0 Å². The van der Waals surface area contributed by atoms with Crippen LogP contribution in [0.1, 0.15) is 147 Å². The summed E-state index contributed by atoms with van der Waals surface area (Å²) in [5.41, 5.74) is 11.6. The maximum absolute atomic E-state index is 12.6. The van der Waals surface area contributed by atoms with Crippen LogP contribution < -0.4 is 16.0 Å². The van der Waals surface area contributed by atoms with Gasteiger partial charge in [-0.2, -0.15) is 15.3 Å². The lowest BCUT2D eigenvalue weighted by atomic mass is 9.97. The molecule has 3 aromatic carbocycles. The van der Waals surface area contributed by atoms with Crippen LogP contribution in [-0.2, 0) is 21.1 Å². The number of nitrogens with one attached hydrogen (secondary N) is 3. The van der Waals surface area contributed by atoms with E-state index in [4.69, 9.17) is 0 Å². The molecule has 6 aromatic rings. The van der Waals surface area contributed by atoms with Crippen molar-refractivity contribution in [3.8, 4) is 0 Å². The Morgan fingerprint density at radius 3 is 1.13 bits per heavy atom. The minimum atomic E-state index is -0.0714. The van der Waals surface area contributed by atoms with E-state index < -0.39 is 0 Å². The fraction of sp³-hybridized carbons (Fsp3) is 0.455. The second-order valence-corrected chi connectivity index (χ2v) is 20.8. The molecule has 3 N–H and O–H groups in total. The number of para-hydroxylation sites is 3. The Morgan fingerprint density at radius 2 is 0.836 bits per heavy atom. The number of carbonyl (C=O) groups is 3. The maximum Gasteiger partial charge on any atom is 0.259 e.